The molecule has 156 valence electrons. The van der Waals surface area contributed by atoms with Crippen LogP contribution in [0.3, 0.4) is 0 Å². The van der Waals surface area contributed by atoms with E-state index >= 15 is 0 Å². The number of allylic oxidation sites excluding steroid dienone is 1. The summed E-state index contributed by atoms with van der Waals surface area (Å²) in [6, 6.07) is 17.7. The van der Waals surface area contributed by atoms with E-state index in [9.17, 15) is 8.78 Å². The molecule has 0 radical (unpaired) electrons. The molecular weight excluding hydrogens is 362 g/mol. The van der Waals surface area contributed by atoms with Gasteiger partial charge in [-0.3, -0.25) is 0 Å². The van der Waals surface area contributed by atoms with Crippen LogP contribution in [0, 0.1) is 5.92 Å². The Labute approximate surface area is 175 Å². The average molecular weight is 397 g/mol. The standard InChI is InChI=1S/C27H34F2/c28-27(29)26(21-22-13-9-6-4-2-1-3-5-7-10-14-22)25-19-17-24(18-20-25)23-15-11-8-12-16-23/h8,11-12,15-20,22H,1-7,9-10,13-14,21H2. The van der Waals surface area contributed by atoms with Crippen molar-refractivity contribution in [1.29, 1.82) is 0 Å². The summed E-state index contributed by atoms with van der Waals surface area (Å²) in [5, 5.41) is 0. The normalized spacial score (nSPS) is 17.2. The van der Waals surface area contributed by atoms with Crippen LogP contribution < -0.4 is 0 Å². The van der Waals surface area contributed by atoms with E-state index in [0.717, 1.165) is 24.0 Å². The summed E-state index contributed by atoms with van der Waals surface area (Å²) in [4.78, 5) is 0. The number of benzene rings is 2. The maximum atomic E-state index is 13.9. The fourth-order valence-electron chi connectivity index (χ4n) is 4.54. The molecule has 1 fully saturated rings. The molecule has 2 heteroatoms. The Bertz CT molecular complexity index is 730. The van der Waals surface area contributed by atoms with Gasteiger partial charge >= 0.3 is 0 Å². The van der Waals surface area contributed by atoms with E-state index in [2.05, 4.69) is 0 Å². The molecule has 0 unspecified atom stereocenters. The van der Waals surface area contributed by atoms with E-state index in [1.165, 1.54) is 57.8 Å². The molecule has 0 spiro atoms. The molecule has 0 bridgehead atoms. The number of halogens is 2. The molecule has 0 aliphatic heterocycles. The minimum Gasteiger partial charge on any atom is -0.173 e. The Hall–Kier alpha value is -1.96. The van der Waals surface area contributed by atoms with Crippen LogP contribution in [0.4, 0.5) is 8.78 Å². The lowest BCUT2D eigenvalue weighted by Crippen LogP contribution is -2.04. The molecule has 0 heterocycles. The number of rotatable bonds is 4. The summed E-state index contributed by atoms with van der Waals surface area (Å²) < 4.78 is 27.8. The third kappa shape index (κ3) is 7.10. The molecule has 1 aliphatic carbocycles. The molecule has 0 amide bonds. The zero-order chi connectivity index (χ0) is 20.3. The molecule has 2 aromatic rings. The second-order valence-corrected chi connectivity index (χ2v) is 8.51. The van der Waals surface area contributed by atoms with E-state index in [-0.39, 0.29) is 5.57 Å². The highest BCUT2D eigenvalue weighted by atomic mass is 19.3. The topological polar surface area (TPSA) is 0 Å². The van der Waals surface area contributed by atoms with Gasteiger partial charge in [0, 0.05) is 5.57 Å². The lowest BCUT2D eigenvalue weighted by atomic mass is 9.86. The summed E-state index contributed by atoms with van der Waals surface area (Å²) in [6.45, 7) is 0. The first kappa shape index (κ1) is 21.7. The fourth-order valence-corrected chi connectivity index (χ4v) is 4.54. The van der Waals surface area contributed by atoms with Crippen molar-refractivity contribution in [2.45, 2.75) is 77.0 Å². The molecule has 0 N–H and O–H groups in total. The molecular formula is C27H34F2. The van der Waals surface area contributed by atoms with Gasteiger partial charge in [0.2, 0.25) is 0 Å². The highest BCUT2D eigenvalue weighted by Gasteiger charge is 2.17. The molecule has 1 aliphatic rings. The summed E-state index contributed by atoms with van der Waals surface area (Å²) >= 11 is 0. The van der Waals surface area contributed by atoms with Crippen molar-refractivity contribution in [2.75, 3.05) is 0 Å². The predicted molar refractivity (Wildman–Crippen MR) is 120 cm³/mol. The van der Waals surface area contributed by atoms with Gasteiger partial charge < -0.3 is 0 Å². The van der Waals surface area contributed by atoms with Crippen molar-refractivity contribution >= 4 is 5.57 Å². The van der Waals surface area contributed by atoms with Crippen LogP contribution in [-0.4, -0.2) is 0 Å². The quantitative estimate of drug-likeness (QED) is 0.483. The van der Waals surface area contributed by atoms with Crippen LogP contribution in [0.1, 0.15) is 82.6 Å². The lowest BCUT2D eigenvalue weighted by Gasteiger charge is -2.19. The van der Waals surface area contributed by atoms with Crippen LogP contribution in [0.25, 0.3) is 16.7 Å². The van der Waals surface area contributed by atoms with Gasteiger partial charge in [-0.1, -0.05) is 125 Å². The van der Waals surface area contributed by atoms with Gasteiger partial charge in [-0.15, -0.1) is 0 Å². The Balaban J connectivity index is 1.69. The summed E-state index contributed by atoms with van der Waals surface area (Å²) in [5.41, 5.74) is 3.11. The lowest BCUT2D eigenvalue weighted by molar-refractivity contribution is 0.386. The van der Waals surface area contributed by atoms with E-state index < -0.39 is 6.08 Å². The maximum Gasteiger partial charge on any atom is 0.274 e. The SMILES string of the molecule is FC(F)=C(CC1CCCCCCCCCCC1)c1ccc(-c2ccccc2)cc1. The van der Waals surface area contributed by atoms with Gasteiger partial charge in [0.1, 0.15) is 0 Å². The molecule has 2 aromatic carbocycles. The Kier molecular flexibility index (Phi) is 8.92. The smallest absolute Gasteiger partial charge is 0.173 e. The average Bonchev–Trinajstić information content (AvgIpc) is 2.74. The Morgan fingerprint density at radius 2 is 1.10 bits per heavy atom. The number of hydrogen-bond donors (Lipinski definition) is 0. The molecule has 3 rings (SSSR count). The minimum atomic E-state index is -1.51. The molecule has 29 heavy (non-hydrogen) atoms. The maximum absolute atomic E-state index is 13.9. The van der Waals surface area contributed by atoms with E-state index in [4.69, 9.17) is 0 Å². The van der Waals surface area contributed by atoms with E-state index in [1.54, 1.807) is 0 Å². The molecule has 0 aromatic heterocycles. The van der Waals surface area contributed by atoms with Gasteiger partial charge in [0.25, 0.3) is 6.08 Å². The predicted octanol–water partition coefficient (Wildman–Crippen LogP) is 9.27. The fraction of sp³-hybridized carbons (Fsp3) is 0.481. The van der Waals surface area contributed by atoms with Crippen molar-refractivity contribution in [3.8, 4) is 11.1 Å². The second kappa shape index (κ2) is 11.9. The molecule has 0 atom stereocenters. The van der Waals surface area contributed by atoms with Gasteiger partial charge in [-0.2, -0.15) is 8.78 Å². The molecule has 0 saturated heterocycles. The summed E-state index contributed by atoms with van der Waals surface area (Å²) in [6.07, 6.45) is 12.7. The van der Waals surface area contributed by atoms with Gasteiger partial charge in [0.05, 0.1) is 0 Å². The van der Waals surface area contributed by atoms with Crippen LogP contribution in [-0.2, 0) is 0 Å². The van der Waals surface area contributed by atoms with Crippen LogP contribution in [0.5, 0.6) is 0 Å². The third-order valence-electron chi connectivity index (χ3n) is 6.29. The third-order valence-corrected chi connectivity index (χ3v) is 6.29. The first-order valence-electron chi connectivity index (χ1n) is 11.4. The Morgan fingerprint density at radius 3 is 1.62 bits per heavy atom. The van der Waals surface area contributed by atoms with Crippen LogP contribution >= 0.6 is 0 Å². The van der Waals surface area contributed by atoms with Gasteiger partial charge in [-0.25, -0.2) is 0 Å². The zero-order valence-electron chi connectivity index (χ0n) is 17.5. The highest BCUT2D eigenvalue weighted by molar-refractivity contribution is 5.71. The minimum absolute atomic E-state index is 0.252. The summed E-state index contributed by atoms with van der Waals surface area (Å²) in [7, 11) is 0. The van der Waals surface area contributed by atoms with E-state index in [0.29, 0.717) is 17.9 Å². The Morgan fingerprint density at radius 1 is 0.621 bits per heavy atom. The van der Waals surface area contributed by atoms with Gasteiger partial charge in [0.15, 0.2) is 0 Å². The molecule has 0 nitrogen and oxygen atoms in total. The van der Waals surface area contributed by atoms with Crippen molar-refractivity contribution in [1.82, 2.24) is 0 Å². The largest absolute Gasteiger partial charge is 0.274 e. The number of hydrogen-bond acceptors (Lipinski definition) is 0. The summed E-state index contributed by atoms with van der Waals surface area (Å²) in [5.74, 6) is 0.375. The van der Waals surface area contributed by atoms with Crippen LogP contribution in [0.15, 0.2) is 60.7 Å². The first-order valence-corrected chi connectivity index (χ1v) is 11.4. The van der Waals surface area contributed by atoms with Gasteiger partial charge in [-0.05, 0) is 29.0 Å². The molecule has 1 saturated carbocycles. The highest BCUT2D eigenvalue weighted by Crippen LogP contribution is 2.34. The van der Waals surface area contributed by atoms with Crippen molar-refractivity contribution in [3.63, 3.8) is 0 Å². The monoisotopic (exact) mass is 396 g/mol. The van der Waals surface area contributed by atoms with Crippen molar-refractivity contribution in [2.24, 2.45) is 5.92 Å². The van der Waals surface area contributed by atoms with Crippen molar-refractivity contribution in [3.05, 3.63) is 66.2 Å². The van der Waals surface area contributed by atoms with E-state index in [1.807, 2.05) is 54.6 Å². The van der Waals surface area contributed by atoms with Crippen molar-refractivity contribution < 1.29 is 8.78 Å². The first-order chi connectivity index (χ1) is 14.2. The zero-order valence-corrected chi connectivity index (χ0v) is 17.5. The second-order valence-electron chi connectivity index (χ2n) is 8.51. The van der Waals surface area contributed by atoms with Crippen LogP contribution in [0.2, 0.25) is 0 Å².